The Morgan fingerprint density at radius 3 is 1.63 bits per heavy atom. The van der Waals surface area contributed by atoms with E-state index in [2.05, 4.69) is 78.9 Å². The Balaban J connectivity index is 1.66. The van der Waals surface area contributed by atoms with E-state index in [9.17, 15) is 0 Å². The lowest BCUT2D eigenvalue weighted by atomic mass is 9.79. The van der Waals surface area contributed by atoms with Gasteiger partial charge < -0.3 is 18.9 Å². The van der Waals surface area contributed by atoms with Gasteiger partial charge in [-0.15, -0.1) is 0 Å². The lowest BCUT2D eigenvalue weighted by Gasteiger charge is -2.38. The van der Waals surface area contributed by atoms with Gasteiger partial charge in [0.2, 0.25) is 0 Å². The number of fused-ring (bicyclic) bond motifs is 3. The number of ether oxygens (including phenoxy) is 4. The van der Waals surface area contributed by atoms with E-state index in [1.54, 1.807) is 21.3 Å². The summed E-state index contributed by atoms with van der Waals surface area (Å²) >= 11 is 0. The molecule has 5 aromatic rings. The van der Waals surface area contributed by atoms with Crippen LogP contribution in [-0.4, -0.2) is 21.3 Å². The topological polar surface area (TPSA) is 36.9 Å². The Bertz CT molecular complexity index is 1570. The second kappa shape index (κ2) is 9.64. The smallest absolute Gasteiger partial charge is 0.178 e. The molecule has 0 amide bonds. The summed E-state index contributed by atoms with van der Waals surface area (Å²) in [6.07, 6.45) is 2.24. The van der Waals surface area contributed by atoms with Crippen molar-refractivity contribution in [3.63, 3.8) is 0 Å². The van der Waals surface area contributed by atoms with Crippen molar-refractivity contribution < 1.29 is 18.9 Å². The van der Waals surface area contributed by atoms with Crippen LogP contribution in [0.3, 0.4) is 0 Å². The maximum absolute atomic E-state index is 7.06. The third kappa shape index (κ3) is 3.95. The molecule has 0 saturated heterocycles. The molecule has 0 fully saturated rings. The third-order valence-corrected chi connectivity index (χ3v) is 7.22. The predicted octanol–water partition coefficient (Wildman–Crippen LogP) is 7.63. The highest BCUT2D eigenvalue weighted by atomic mass is 16.5. The fourth-order valence-electron chi connectivity index (χ4n) is 5.22. The largest absolute Gasteiger partial charge is 0.497 e. The van der Waals surface area contributed by atoms with Crippen LogP contribution >= 0.6 is 0 Å². The normalized spacial score (nSPS) is 13.7. The summed E-state index contributed by atoms with van der Waals surface area (Å²) in [5.74, 6) is 3.22. The minimum Gasteiger partial charge on any atom is -0.497 e. The molecule has 4 heteroatoms. The van der Waals surface area contributed by atoms with E-state index in [1.807, 2.05) is 36.4 Å². The summed E-state index contributed by atoms with van der Waals surface area (Å²) in [7, 11) is 5.03. The van der Waals surface area contributed by atoms with Crippen LogP contribution in [0.1, 0.15) is 22.3 Å². The van der Waals surface area contributed by atoms with Crippen molar-refractivity contribution in [1.82, 2.24) is 0 Å². The Morgan fingerprint density at radius 2 is 1.08 bits per heavy atom. The maximum Gasteiger partial charge on any atom is 0.178 e. The van der Waals surface area contributed by atoms with E-state index in [0.717, 1.165) is 61.6 Å². The van der Waals surface area contributed by atoms with Gasteiger partial charge in [-0.2, -0.15) is 0 Å². The molecule has 188 valence electrons. The molecule has 0 N–H and O–H groups in total. The first-order valence-electron chi connectivity index (χ1n) is 12.5. The second-order valence-corrected chi connectivity index (χ2v) is 9.24. The maximum atomic E-state index is 7.06. The van der Waals surface area contributed by atoms with Crippen LogP contribution in [0.25, 0.3) is 16.3 Å². The molecule has 0 bridgehead atoms. The molecule has 0 unspecified atom stereocenters. The van der Waals surface area contributed by atoms with Crippen LogP contribution in [0.15, 0.2) is 115 Å². The van der Waals surface area contributed by atoms with Crippen molar-refractivity contribution in [2.24, 2.45) is 0 Å². The molecule has 0 aromatic heterocycles. The van der Waals surface area contributed by atoms with Crippen molar-refractivity contribution in [2.75, 3.05) is 21.3 Å². The van der Waals surface area contributed by atoms with Gasteiger partial charge in [-0.1, -0.05) is 66.7 Å². The average Bonchev–Trinajstić information content (AvgIpc) is 3.00. The van der Waals surface area contributed by atoms with E-state index in [-0.39, 0.29) is 0 Å². The zero-order valence-electron chi connectivity index (χ0n) is 21.6. The highest BCUT2D eigenvalue weighted by Crippen LogP contribution is 2.49. The van der Waals surface area contributed by atoms with Crippen molar-refractivity contribution in [3.8, 4) is 23.0 Å². The summed E-state index contributed by atoms with van der Waals surface area (Å²) in [5.41, 5.74) is 4.35. The Morgan fingerprint density at radius 1 is 0.553 bits per heavy atom. The zero-order valence-corrected chi connectivity index (χ0v) is 21.6. The highest BCUT2D eigenvalue weighted by Gasteiger charge is 2.40. The summed E-state index contributed by atoms with van der Waals surface area (Å²) in [4.78, 5) is 0. The van der Waals surface area contributed by atoms with E-state index >= 15 is 0 Å². The minimum atomic E-state index is -0.886. The SMILES string of the molecule is COc1ccc(C2=CC(c3ccc(OC)cc3)(c3ccc(OC)cc3)Oc3ccc4ccccc4c32)cc1. The van der Waals surface area contributed by atoms with Gasteiger partial charge in [0, 0.05) is 16.7 Å². The molecule has 1 aliphatic heterocycles. The van der Waals surface area contributed by atoms with Gasteiger partial charge in [0.15, 0.2) is 5.60 Å². The number of benzene rings is 5. The lowest BCUT2D eigenvalue weighted by Crippen LogP contribution is -2.35. The molecule has 0 atom stereocenters. The lowest BCUT2D eigenvalue weighted by molar-refractivity contribution is 0.160. The number of methoxy groups -OCH3 is 3. The van der Waals surface area contributed by atoms with Crippen molar-refractivity contribution in [1.29, 1.82) is 0 Å². The fraction of sp³-hybridized carbons (Fsp3) is 0.118. The first-order chi connectivity index (χ1) is 18.6. The standard InChI is InChI=1S/C34H28O4/c1-35-27-15-8-24(9-16-27)31-22-34(25-11-17-28(36-2)18-12-25,26-13-19-29(37-3)20-14-26)38-32-21-10-23-6-4-5-7-30(23)33(31)32/h4-22H,1-3H3. The van der Waals surface area contributed by atoms with Crippen molar-refractivity contribution in [3.05, 3.63) is 138 Å². The molecule has 0 saturated carbocycles. The van der Waals surface area contributed by atoms with Crippen molar-refractivity contribution >= 4 is 16.3 Å². The highest BCUT2D eigenvalue weighted by molar-refractivity contribution is 6.01. The van der Waals surface area contributed by atoms with Crippen LogP contribution in [0, 0.1) is 0 Å². The molecule has 0 radical (unpaired) electrons. The molecule has 1 aliphatic rings. The molecule has 4 nitrogen and oxygen atoms in total. The zero-order chi connectivity index (χ0) is 26.1. The number of hydrogen-bond donors (Lipinski definition) is 0. The molecule has 38 heavy (non-hydrogen) atoms. The van der Waals surface area contributed by atoms with Gasteiger partial charge in [-0.3, -0.25) is 0 Å². The average molecular weight is 501 g/mol. The Hall–Kier alpha value is -4.70. The monoisotopic (exact) mass is 500 g/mol. The quantitative estimate of drug-likeness (QED) is 0.240. The first-order valence-corrected chi connectivity index (χ1v) is 12.5. The predicted molar refractivity (Wildman–Crippen MR) is 151 cm³/mol. The fourth-order valence-corrected chi connectivity index (χ4v) is 5.22. The van der Waals surface area contributed by atoms with Crippen molar-refractivity contribution in [2.45, 2.75) is 5.60 Å². The van der Waals surface area contributed by atoms with Gasteiger partial charge in [0.05, 0.1) is 21.3 Å². The summed E-state index contributed by atoms with van der Waals surface area (Å²) < 4.78 is 23.4. The number of hydrogen-bond acceptors (Lipinski definition) is 4. The van der Waals surface area contributed by atoms with Gasteiger partial charge >= 0.3 is 0 Å². The summed E-state index contributed by atoms with van der Waals surface area (Å²) in [6, 6.07) is 37.0. The summed E-state index contributed by atoms with van der Waals surface area (Å²) in [5, 5.41) is 2.31. The van der Waals surface area contributed by atoms with E-state index in [4.69, 9.17) is 18.9 Å². The number of rotatable bonds is 6. The first kappa shape index (κ1) is 23.7. The molecule has 0 aliphatic carbocycles. The van der Waals surface area contributed by atoms with E-state index in [0.29, 0.717) is 0 Å². The van der Waals surface area contributed by atoms with Crippen LogP contribution in [0.2, 0.25) is 0 Å². The van der Waals surface area contributed by atoms with E-state index < -0.39 is 5.60 Å². The molecular formula is C34H28O4. The molecular weight excluding hydrogens is 472 g/mol. The van der Waals surface area contributed by atoms with Crippen LogP contribution < -0.4 is 18.9 Å². The molecule has 1 heterocycles. The third-order valence-electron chi connectivity index (χ3n) is 7.22. The summed E-state index contributed by atoms with van der Waals surface area (Å²) in [6.45, 7) is 0. The molecule has 6 rings (SSSR count). The van der Waals surface area contributed by atoms with Gasteiger partial charge in [0.25, 0.3) is 0 Å². The van der Waals surface area contributed by atoms with Crippen LogP contribution in [0.5, 0.6) is 23.0 Å². The van der Waals surface area contributed by atoms with Gasteiger partial charge in [0.1, 0.15) is 23.0 Å². The Kier molecular flexibility index (Phi) is 6.01. The molecule has 0 spiro atoms. The van der Waals surface area contributed by atoms with Gasteiger partial charge in [-0.25, -0.2) is 0 Å². The Labute approximate surface area is 222 Å². The van der Waals surface area contributed by atoms with Gasteiger partial charge in [-0.05, 0) is 70.4 Å². The van der Waals surface area contributed by atoms with E-state index in [1.165, 1.54) is 0 Å². The van der Waals surface area contributed by atoms with Crippen LogP contribution in [-0.2, 0) is 5.60 Å². The second-order valence-electron chi connectivity index (χ2n) is 9.24. The van der Waals surface area contributed by atoms with Crippen LogP contribution in [0.4, 0.5) is 0 Å². The molecule has 5 aromatic carbocycles. The minimum absolute atomic E-state index is 0.792.